The van der Waals surface area contributed by atoms with E-state index in [0.29, 0.717) is 70.1 Å². The number of anilines is 2. The van der Waals surface area contributed by atoms with Crippen LogP contribution in [0.1, 0.15) is 73.0 Å². The van der Waals surface area contributed by atoms with Gasteiger partial charge >= 0.3 is 12.1 Å². The zero-order valence-corrected chi connectivity index (χ0v) is 24.5. The molecule has 224 valence electrons. The molecule has 1 aromatic carbocycles. The van der Waals surface area contributed by atoms with E-state index in [-0.39, 0.29) is 23.2 Å². The SMILES string of the molecule is O=C(NC1(C(=O)O)C2CCC3CC(C2)CC1C3)c1cnc(N2CC3(CCOCC3)c3cc(Br)ccc32)nc1C(F)(F)F. The van der Waals surface area contributed by atoms with Crippen LogP contribution in [0.3, 0.4) is 0 Å². The summed E-state index contributed by atoms with van der Waals surface area (Å²) >= 11 is 3.52. The fourth-order valence-corrected chi connectivity index (χ4v) is 9.19. The second-order valence-corrected chi connectivity index (χ2v) is 13.8. The first-order valence-corrected chi connectivity index (χ1v) is 15.4. The van der Waals surface area contributed by atoms with Gasteiger partial charge in [-0.25, -0.2) is 14.8 Å². The molecular formula is C30H32BrF3N4O4. The highest BCUT2D eigenvalue weighted by atomic mass is 79.9. The summed E-state index contributed by atoms with van der Waals surface area (Å²) in [5.74, 6) is -2.23. The lowest BCUT2D eigenvalue weighted by atomic mass is 9.58. The number of rotatable bonds is 4. The third-order valence-corrected chi connectivity index (χ3v) is 11.2. The summed E-state index contributed by atoms with van der Waals surface area (Å²) in [4.78, 5) is 36.4. The van der Waals surface area contributed by atoms with Crippen LogP contribution in [0.25, 0.3) is 0 Å². The Hall–Kier alpha value is -2.73. The van der Waals surface area contributed by atoms with Crippen LogP contribution in [0.15, 0.2) is 28.9 Å². The molecule has 3 heterocycles. The minimum Gasteiger partial charge on any atom is -0.479 e. The summed E-state index contributed by atoms with van der Waals surface area (Å²) < 4.78 is 50.0. The minimum absolute atomic E-state index is 0.148. The molecule has 2 aromatic rings. The largest absolute Gasteiger partial charge is 0.479 e. The first kappa shape index (κ1) is 28.1. The first-order chi connectivity index (χ1) is 20.0. The number of alkyl halides is 3. The maximum Gasteiger partial charge on any atom is 0.434 e. The van der Waals surface area contributed by atoms with Crippen LogP contribution in [0.2, 0.25) is 0 Å². The topological polar surface area (TPSA) is 105 Å². The first-order valence-electron chi connectivity index (χ1n) is 14.7. The third kappa shape index (κ3) is 4.34. The van der Waals surface area contributed by atoms with Crippen molar-refractivity contribution < 1.29 is 32.6 Å². The molecule has 4 aliphatic carbocycles. The van der Waals surface area contributed by atoms with Crippen LogP contribution in [-0.2, 0) is 21.1 Å². The molecule has 6 aliphatic rings. The predicted octanol–water partition coefficient (Wildman–Crippen LogP) is 5.86. The van der Waals surface area contributed by atoms with E-state index in [9.17, 15) is 27.9 Å². The Morgan fingerprint density at radius 1 is 1.07 bits per heavy atom. The fourth-order valence-electron chi connectivity index (χ4n) is 8.83. The van der Waals surface area contributed by atoms with Gasteiger partial charge in [0.15, 0.2) is 5.69 Å². The lowest BCUT2D eigenvalue weighted by Crippen LogP contribution is -2.66. The minimum atomic E-state index is -4.96. The third-order valence-electron chi connectivity index (χ3n) is 10.7. The maximum atomic E-state index is 14.5. The molecule has 42 heavy (non-hydrogen) atoms. The van der Waals surface area contributed by atoms with Crippen molar-refractivity contribution in [3.05, 3.63) is 45.7 Å². The zero-order chi connectivity index (χ0) is 29.4. The van der Waals surface area contributed by atoms with E-state index in [1.165, 1.54) is 0 Å². The van der Waals surface area contributed by atoms with Gasteiger partial charge in [0.2, 0.25) is 5.95 Å². The summed E-state index contributed by atoms with van der Waals surface area (Å²) in [6.45, 7) is 1.48. The van der Waals surface area contributed by atoms with Gasteiger partial charge in [-0.05, 0) is 92.4 Å². The molecule has 5 unspecified atom stereocenters. The number of fused-ring (bicyclic) bond motifs is 3. The smallest absolute Gasteiger partial charge is 0.434 e. The summed E-state index contributed by atoms with van der Waals surface area (Å²) in [6.07, 6.45) is 1.96. The lowest BCUT2D eigenvalue weighted by molar-refractivity contribution is -0.154. The van der Waals surface area contributed by atoms with E-state index < -0.39 is 34.8 Å². The predicted molar refractivity (Wildman–Crippen MR) is 149 cm³/mol. The quantitative estimate of drug-likeness (QED) is 0.428. The van der Waals surface area contributed by atoms with Gasteiger partial charge in [-0.3, -0.25) is 4.79 Å². The van der Waals surface area contributed by atoms with Crippen LogP contribution in [0.4, 0.5) is 24.8 Å². The molecular weight excluding hydrogens is 617 g/mol. The number of aromatic nitrogens is 2. The summed E-state index contributed by atoms with van der Waals surface area (Å²) in [7, 11) is 0. The Balaban J connectivity index is 1.25. The Kier molecular flexibility index (Phi) is 6.62. The number of hydrogen-bond acceptors (Lipinski definition) is 6. The van der Waals surface area contributed by atoms with Gasteiger partial charge < -0.3 is 20.1 Å². The number of aliphatic carboxylic acids is 1. The average Bonchev–Trinajstić information content (AvgIpc) is 3.09. The van der Waals surface area contributed by atoms with Gasteiger partial charge in [0.1, 0.15) is 5.54 Å². The van der Waals surface area contributed by atoms with Crippen LogP contribution in [-0.4, -0.2) is 52.2 Å². The van der Waals surface area contributed by atoms with Crippen molar-refractivity contribution in [3.63, 3.8) is 0 Å². The van der Waals surface area contributed by atoms with Crippen LogP contribution >= 0.6 is 15.9 Å². The van der Waals surface area contributed by atoms with E-state index in [0.717, 1.165) is 34.8 Å². The highest BCUT2D eigenvalue weighted by Gasteiger charge is 2.60. The molecule has 4 bridgehead atoms. The van der Waals surface area contributed by atoms with Crippen molar-refractivity contribution in [1.82, 2.24) is 15.3 Å². The van der Waals surface area contributed by atoms with E-state index in [1.54, 1.807) is 4.90 Å². The van der Waals surface area contributed by atoms with Gasteiger partial charge in [0.05, 0.1) is 5.56 Å². The summed E-state index contributed by atoms with van der Waals surface area (Å²) in [5, 5.41) is 13.1. The maximum absolute atomic E-state index is 14.5. The van der Waals surface area contributed by atoms with Crippen LogP contribution < -0.4 is 10.2 Å². The molecule has 2 aliphatic heterocycles. The van der Waals surface area contributed by atoms with Gasteiger partial charge in [0, 0.05) is 41.5 Å². The number of halogens is 4. The lowest BCUT2D eigenvalue weighted by Gasteiger charge is -2.50. The molecule has 2 N–H and O–H groups in total. The van der Waals surface area contributed by atoms with Gasteiger partial charge in [-0.2, -0.15) is 13.2 Å². The highest BCUT2D eigenvalue weighted by molar-refractivity contribution is 9.10. The van der Waals surface area contributed by atoms with Crippen LogP contribution in [0, 0.1) is 23.7 Å². The molecule has 1 aromatic heterocycles. The number of amides is 1. The van der Waals surface area contributed by atoms with Crippen molar-refractivity contribution in [1.29, 1.82) is 0 Å². The zero-order valence-electron chi connectivity index (χ0n) is 22.9. The number of carbonyl (C=O) groups excluding carboxylic acids is 1. The van der Waals surface area contributed by atoms with Gasteiger partial charge in [0.25, 0.3) is 5.91 Å². The number of carboxylic acids is 1. The van der Waals surface area contributed by atoms with Crippen LogP contribution in [0.5, 0.6) is 0 Å². The number of benzene rings is 1. The molecule has 1 spiro atoms. The second kappa shape index (κ2) is 9.90. The number of nitrogens with one attached hydrogen (secondary N) is 1. The van der Waals surface area contributed by atoms with Crippen molar-refractivity contribution in [2.45, 2.75) is 68.5 Å². The van der Waals surface area contributed by atoms with Gasteiger partial charge in [-0.15, -0.1) is 0 Å². The number of nitrogens with zero attached hydrogens (tertiary/aromatic N) is 3. The van der Waals surface area contributed by atoms with E-state index in [2.05, 4.69) is 31.2 Å². The molecule has 5 fully saturated rings. The van der Waals surface area contributed by atoms with Crippen molar-refractivity contribution >= 4 is 39.4 Å². The van der Waals surface area contributed by atoms with E-state index in [4.69, 9.17) is 4.74 Å². The van der Waals surface area contributed by atoms with Crippen molar-refractivity contribution in [3.8, 4) is 0 Å². The number of hydrogen-bond donors (Lipinski definition) is 2. The Labute approximate surface area is 249 Å². The molecule has 4 saturated carbocycles. The molecule has 8 rings (SSSR count). The molecule has 1 saturated heterocycles. The molecule has 5 atom stereocenters. The molecule has 1 amide bonds. The Morgan fingerprint density at radius 3 is 2.55 bits per heavy atom. The number of carbonyl (C=O) groups is 2. The van der Waals surface area contributed by atoms with E-state index in [1.807, 2.05) is 18.2 Å². The average molecular weight is 650 g/mol. The van der Waals surface area contributed by atoms with Gasteiger partial charge in [-0.1, -0.05) is 22.4 Å². The normalized spacial score (nSPS) is 31.2. The number of ether oxygens (including phenoxy) is 1. The summed E-state index contributed by atoms with van der Waals surface area (Å²) in [6, 6.07) is 5.66. The standard InChI is InChI=1S/C30H32BrF3N4O4/c31-20-3-4-23-22(13-20)28(5-7-42-8-6-28)15-38(23)27-35-14-21(24(36-27)30(32,33)34)25(39)37-29(26(40)41)18-2-1-16-9-17(11-18)12-19(29)10-16/h3-4,13-14,16-19H,1-2,5-12,15H2,(H,37,39)(H,40,41). The van der Waals surface area contributed by atoms with Crippen molar-refractivity contribution in [2.75, 3.05) is 24.7 Å². The highest BCUT2D eigenvalue weighted by Crippen LogP contribution is 2.56. The summed E-state index contributed by atoms with van der Waals surface area (Å²) in [5.41, 5.74) is -2.31. The molecule has 12 heteroatoms. The molecule has 8 nitrogen and oxygen atoms in total. The van der Waals surface area contributed by atoms with E-state index >= 15 is 0 Å². The monoisotopic (exact) mass is 648 g/mol. The number of carboxylic acid groups (broad SMARTS) is 1. The Bertz CT molecular complexity index is 1440. The fraction of sp³-hybridized carbons (Fsp3) is 0.600. The van der Waals surface area contributed by atoms with Crippen molar-refractivity contribution in [2.24, 2.45) is 23.7 Å². The second-order valence-electron chi connectivity index (χ2n) is 12.8. The molecule has 0 radical (unpaired) electrons. The Morgan fingerprint density at radius 2 is 1.81 bits per heavy atom.